The Morgan fingerprint density at radius 1 is 0.486 bits per heavy atom. The molecule has 35 heavy (non-hydrogen) atoms. The lowest BCUT2D eigenvalue weighted by atomic mass is 9.77. The van der Waals surface area contributed by atoms with Crippen LogP contribution in [0.2, 0.25) is 0 Å². The summed E-state index contributed by atoms with van der Waals surface area (Å²) in [5, 5.41) is 0. The first-order chi connectivity index (χ1) is 17.2. The van der Waals surface area contributed by atoms with E-state index in [0.29, 0.717) is 0 Å². The van der Waals surface area contributed by atoms with E-state index in [1.165, 1.54) is 113 Å². The maximum absolute atomic E-state index is 2.44. The van der Waals surface area contributed by atoms with Gasteiger partial charge < -0.3 is 0 Å². The summed E-state index contributed by atoms with van der Waals surface area (Å²) in [6, 6.07) is 19.3. The summed E-state index contributed by atoms with van der Waals surface area (Å²) in [6.45, 7) is 4.66. The Balaban J connectivity index is 1.16. The Bertz CT molecular complexity index is 813. The number of unbranched alkanes of at least 4 members (excludes halogenated alkanes) is 1. The minimum Gasteiger partial charge on any atom is -0.0654 e. The number of hydrogen-bond acceptors (Lipinski definition) is 0. The van der Waals surface area contributed by atoms with E-state index in [2.05, 4.69) is 62.4 Å². The Kier molecular flexibility index (Phi) is 10.8. The van der Waals surface area contributed by atoms with Gasteiger partial charge in [-0.1, -0.05) is 120 Å². The van der Waals surface area contributed by atoms with E-state index in [9.17, 15) is 0 Å². The van der Waals surface area contributed by atoms with Gasteiger partial charge in [0.15, 0.2) is 0 Å². The molecule has 0 N–H and O–H groups in total. The van der Waals surface area contributed by atoms with E-state index in [1.807, 2.05) is 0 Å². The quantitative estimate of drug-likeness (QED) is 0.288. The van der Waals surface area contributed by atoms with Crippen molar-refractivity contribution in [2.45, 2.75) is 129 Å². The zero-order valence-corrected chi connectivity index (χ0v) is 22.9. The van der Waals surface area contributed by atoms with Crippen LogP contribution in [0.1, 0.15) is 132 Å². The predicted molar refractivity (Wildman–Crippen MR) is 153 cm³/mol. The lowest BCUT2D eigenvalue weighted by Crippen LogP contribution is -2.15. The van der Waals surface area contributed by atoms with Gasteiger partial charge in [-0.3, -0.25) is 0 Å². The van der Waals surface area contributed by atoms with Gasteiger partial charge in [0.1, 0.15) is 0 Å². The van der Waals surface area contributed by atoms with Crippen molar-refractivity contribution >= 4 is 0 Å². The smallest absolute Gasteiger partial charge is 0.0162 e. The molecule has 0 saturated heterocycles. The van der Waals surface area contributed by atoms with E-state index >= 15 is 0 Å². The molecule has 192 valence electrons. The predicted octanol–water partition coefficient (Wildman–Crippen LogP) is 10.5. The van der Waals surface area contributed by atoms with E-state index in [1.54, 1.807) is 5.56 Å². The summed E-state index contributed by atoms with van der Waals surface area (Å²) in [7, 11) is 0. The Hall–Kier alpha value is -1.56. The largest absolute Gasteiger partial charge is 0.0654 e. The summed E-state index contributed by atoms with van der Waals surface area (Å²) < 4.78 is 0. The molecule has 0 unspecified atom stereocenters. The fourth-order valence-corrected chi connectivity index (χ4v) is 6.98. The van der Waals surface area contributed by atoms with Gasteiger partial charge in [-0.25, -0.2) is 0 Å². The van der Waals surface area contributed by atoms with Gasteiger partial charge in [0.2, 0.25) is 0 Å². The molecular formula is C35H52. The lowest BCUT2D eigenvalue weighted by Gasteiger charge is -2.29. The summed E-state index contributed by atoms with van der Waals surface area (Å²) in [5.41, 5.74) is 6.11. The Morgan fingerprint density at radius 2 is 0.943 bits per heavy atom. The molecule has 0 aromatic heterocycles. The Morgan fingerprint density at radius 3 is 1.49 bits per heavy atom. The van der Waals surface area contributed by atoms with Crippen LogP contribution >= 0.6 is 0 Å². The monoisotopic (exact) mass is 472 g/mol. The van der Waals surface area contributed by atoms with Gasteiger partial charge in [0, 0.05) is 0 Å². The van der Waals surface area contributed by atoms with Crippen LogP contribution in [0.15, 0.2) is 48.5 Å². The molecule has 0 atom stereocenters. The number of hydrogen-bond donors (Lipinski definition) is 0. The number of benzene rings is 2. The summed E-state index contributed by atoms with van der Waals surface area (Å²) in [6.07, 6.45) is 23.7. The highest BCUT2D eigenvalue weighted by Crippen LogP contribution is 2.38. The van der Waals surface area contributed by atoms with Gasteiger partial charge in [0.25, 0.3) is 0 Å². The summed E-state index contributed by atoms with van der Waals surface area (Å²) >= 11 is 0. The van der Waals surface area contributed by atoms with Crippen LogP contribution in [-0.4, -0.2) is 0 Å². The molecular weight excluding hydrogens is 420 g/mol. The number of rotatable bonds is 12. The summed E-state index contributed by atoms with van der Waals surface area (Å²) in [5.74, 6) is 3.81. The third-order valence-electron chi connectivity index (χ3n) is 9.49. The SMILES string of the molecule is CCCC[C@H]1CC[C@H](c2ccc(CCc3ccc(CC[C@H]4CC[C@H](CCC)CC4)cc3)cc2)CC1. The molecule has 2 aliphatic rings. The van der Waals surface area contributed by atoms with Crippen LogP contribution in [0.5, 0.6) is 0 Å². The van der Waals surface area contributed by atoms with Crippen LogP contribution < -0.4 is 0 Å². The van der Waals surface area contributed by atoms with Gasteiger partial charge in [-0.2, -0.15) is 0 Å². The maximum Gasteiger partial charge on any atom is -0.0162 e. The van der Waals surface area contributed by atoms with Crippen molar-refractivity contribution in [3.63, 3.8) is 0 Å². The lowest BCUT2D eigenvalue weighted by molar-refractivity contribution is 0.252. The standard InChI is InChI=1S/C35H52/c1-3-5-7-29-20-24-34(25-21-29)35-26-22-33(23-27-35)19-18-32-16-14-31(15-17-32)13-12-30-10-8-28(6-4-2)9-11-30/h14-17,22-23,26-30,34H,3-13,18-21,24-25H2,1-2H3/t28-,29-,30-,34-. The van der Waals surface area contributed by atoms with Crippen LogP contribution in [0.25, 0.3) is 0 Å². The second-order valence-electron chi connectivity index (χ2n) is 12.1. The third-order valence-corrected chi connectivity index (χ3v) is 9.49. The molecule has 0 amide bonds. The molecule has 0 bridgehead atoms. The molecule has 2 aromatic carbocycles. The molecule has 0 heteroatoms. The summed E-state index contributed by atoms with van der Waals surface area (Å²) in [4.78, 5) is 0. The van der Waals surface area contributed by atoms with Crippen LogP contribution in [0, 0.1) is 17.8 Å². The van der Waals surface area contributed by atoms with Crippen molar-refractivity contribution in [3.05, 3.63) is 70.8 Å². The van der Waals surface area contributed by atoms with Crippen molar-refractivity contribution in [3.8, 4) is 0 Å². The molecule has 2 aromatic rings. The molecule has 2 saturated carbocycles. The van der Waals surface area contributed by atoms with Crippen molar-refractivity contribution in [2.75, 3.05) is 0 Å². The van der Waals surface area contributed by atoms with Gasteiger partial charge in [-0.15, -0.1) is 0 Å². The molecule has 4 rings (SSSR count). The van der Waals surface area contributed by atoms with E-state index in [4.69, 9.17) is 0 Å². The highest BCUT2D eigenvalue weighted by atomic mass is 14.3. The van der Waals surface area contributed by atoms with Gasteiger partial charge in [-0.05, 0) is 97.3 Å². The van der Waals surface area contributed by atoms with E-state index in [-0.39, 0.29) is 0 Å². The maximum atomic E-state index is 2.44. The van der Waals surface area contributed by atoms with Crippen molar-refractivity contribution in [1.29, 1.82) is 0 Å². The van der Waals surface area contributed by atoms with Crippen LogP contribution in [0.3, 0.4) is 0 Å². The molecule has 2 aliphatic carbocycles. The normalized spacial score (nSPS) is 25.0. The zero-order chi connectivity index (χ0) is 24.3. The van der Waals surface area contributed by atoms with E-state index in [0.717, 1.165) is 36.5 Å². The highest BCUT2D eigenvalue weighted by molar-refractivity contribution is 5.28. The molecule has 0 radical (unpaired) electrons. The molecule has 0 spiro atoms. The topological polar surface area (TPSA) is 0 Å². The molecule has 0 heterocycles. The van der Waals surface area contributed by atoms with Crippen LogP contribution in [0.4, 0.5) is 0 Å². The second-order valence-corrected chi connectivity index (χ2v) is 12.1. The van der Waals surface area contributed by atoms with Gasteiger partial charge in [0.05, 0.1) is 0 Å². The highest BCUT2D eigenvalue weighted by Gasteiger charge is 2.22. The van der Waals surface area contributed by atoms with Crippen molar-refractivity contribution in [2.24, 2.45) is 17.8 Å². The first-order valence-corrected chi connectivity index (χ1v) is 15.4. The van der Waals surface area contributed by atoms with Crippen molar-refractivity contribution in [1.82, 2.24) is 0 Å². The minimum absolute atomic E-state index is 0.806. The fourth-order valence-electron chi connectivity index (χ4n) is 6.98. The zero-order valence-electron chi connectivity index (χ0n) is 22.9. The van der Waals surface area contributed by atoms with E-state index < -0.39 is 0 Å². The number of aryl methyl sites for hydroxylation is 3. The van der Waals surface area contributed by atoms with Crippen LogP contribution in [-0.2, 0) is 19.3 Å². The Labute approximate surface area is 217 Å². The minimum atomic E-state index is 0.806. The first kappa shape index (κ1) is 26.5. The third kappa shape index (κ3) is 8.51. The average molecular weight is 473 g/mol. The fraction of sp³-hybridized carbons (Fsp3) is 0.657. The molecule has 0 aliphatic heterocycles. The van der Waals surface area contributed by atoms with Crippen molar-refractivity contribution < 1.29 is 0 Å². The molecule has 0 nitrogen and oxygen atoms in total. The molecule has 2 fully saturated rings. The average Bonchev–Trinajstić information content (AvgIpc) is 2.92. The van der Waals surface area contributed by atoms with Gasteiger partial charge >= 0.3 is 0 Å². The second kappa shape index (κ2) is 14.2. The first-order valence-electron chi connectivity index (χ1n) is 15.4.